The van der Waals surface area contributed by atoms with E-state index in [1.165, 1.54) is 0 Å². The van der Waals surface area contributed by atoms with Crippen molar-refractivity contribution in [3.8, 4) is 11.3 Å². The Morgan fingerprint density at radius 2 is 1.88 bits per heavy atom. The van der Waals surface area contributed by atoms with E-state index in [9.17, 15) is 9.59 Å². The van der Waals surface area contributed by atoms with Gasteiger partial charge in [-0.05, 0) is 36.4 Å². The minimum Gasteiger partial charge on any atom is -0.431 e. The van der Waals surface area contributed by atoms with Crippen molar-refractivity contribution >= 4 is 40.9 Å². The van der Waals surface area contributed by atoms with E-state index in [2.05, 4.69) is 10.3 Å². The van der Waals surface area contributed by atoms with Gasteiger partial charge in [0, 0.05) is 10.6 Å². The van der Waals surface area contributed by atoms with E-state index in [1.54, 1.807) is 42.6 Å². The van der Waals surface area contributed by atoms with Crippen LogP contribution < -0.4 is 11.1 Å². The minimum atomic E-state index is -0.603. The molecule has 6 nitrogen and oxygen atoms in total. The maximum atomic E-state index is 12.1. The monoisotopic (exact) mass is 387 g/mol. The highest BCUT2D eigenvalue weighted by molar-refractivity contribution is 7.99. The van der Waals surface area contributed by atoms with E-state index >= 15 is 0 Å². The highest BCUT2D eigenvalue weighted by atomic mass is 35.5. The smallest absolute Gasteiger partial charge is 0.256 e. The molecule has 0 aliphatic rings. The standard InChI is InChI=1S/C18H14ClN3O3S/c19-12-7-5-11(6-8-12)15-9-21-18(25-15)26-10-16(23)22-14-4-2-1-3-13(14)17(20)24/h1-9H,10H2,(H2,20,24)(H,22,23). The molecule has 2 amide bonds. The number of carbonyl (C=O) groups excluding carboxylic acids is 2. The van der Waals surface area contributed by atoms with Gasteiger partial charge in [-0.15, -0.1) is 0 Å². The van der Waals surface area contributed by atoms with Crippen LogP contribution in [-0.4, -0.2) is 22.6 Å². The van der Waals surface area contributed by atoms with Crippen LogP contribution in [0.3, 0.4) is 0 Å². The fourth-order valence-electron chi connectivity index (χ4n) is 2.19. The number of rotatable bonds is 6. The predicted octanol–water partition coefficient (Wildman–Crippen LogP) is 3.82. The van der Waals surface area contributed by atoms with Crippen molar-refractivity contribution in [2.45, 2.75) is 5.22 Å². The minimum absolute atomic E-state index is 0.0771. The first kappa shape index (κ1) is 18.0. The van der Waals surface area contributed by atoms with Gasteiger partial charge >= 0.3 is 0 Å². The number of hydrogen-bond acceptors (Lipinski definition) is 5. The zero-order valence-corrected chi connectivity index (χ0v) is 15.0. The van der Waals surface area contributed by atoms with Crippen LogP contribution in [0.5, 0.6) is 0 Å². The Morgan fingerprint density at radius 3 is 2.62 bits per heavy atom. The fourth-order valence-corrected chi connectivity index (χ4v) is 2.92. The number of nitrogens with zero attached hydrogens (tertiary/aromatic N) is 1. The maximum absolute atomic E-state index is 12.1. The SMILES string of the molecule is NC(=O)c1ccccc1NC(=O)CSc1ncc(-c2ccc(Cl)cc2)o1. The zero-order chi connectivity index (χ0) is 18.5. The first-order chi connectivity index (χ1) is 12.5. The van der Waals surface area contributed by atoms with Gasteiger partial charge in [-0.25, -0.2) is 4.98 Å². The second-order valence-corrected chi connectivity index (χ2v) is 6.61. The summed E-state index contributed by atoms with van der Waals surface area (Å²) in [5.41, 5.74) is 6.77. The van der Waals surface area contributed by atoms with Crippen molar-refractivity contribution in [2.75, 3.05) is 11.1 Å². The van der Waals surface area contributed by atoms with Gasteiger partial charge in [0.05, 0.1) is 23.2 Å². The lowest BCUT2D eigenvalue weighted by atomic mass is 10.1. The van der Waals surface area contributed by atoms with Crippen LogP contribution in [0.25, 0.3) is 11.3 Å². The van der Waals surface area contributed by atoms with E-state index in [0.29, 0.717) is 21.7 Å². The fraction of sp³-hybridized carbons (Fsp3) is 0.0556. The number of para-hydroxylation sites is 1. The van der Waals surface area contributed by atoms with Crippen LogP contribution in [0.15, 0.2) is 64.4 Å². The molecule has 0 bridgehead atoms. The number of primary amides is 1. The lowest BCUT2D eigenvalue weighted by Crippen LogP contribution is -2.19. The molecule has 3 rings (SSSR count). The summed E-state index contributed by atoms with van der Waals surface area (Å²) in [7, 11) is 0. The lowest BCUT2D eigenvalue weighted by molar-refractivity contribution is -0.113. The van der Waals surface area contributed by atoms with Crippen LogP contribution >= 0.6 is 23.4 Å². The number of hydrogen-bond donors (Lipinski definition) is 2. The number of amides is 2. The average Bonchev–Trinajstić information content (AvgIpc) is 3.10. The highest BCUT2D eigenvalue weighted by Crippen LogP contribution is 2.26. The molecule has 0 aliphatic carbocycles. The van der Waals surface area contributed by atoms with E-state index in [4.69, 9.17) is 21.8 Å². The zero-order valence-electron chi connectivity index (χ0n) is 13.4. The van der Waals surface area contributed by atoms with E-state index in [0.717, 1.165) is 17.3 Å². The molecule has 3 aromatic rings. The van der Waals surface area contributed by atoms with Crippen LogP contribution in [0.4, 0.5) is 5.69 Å². The van der Waals surface area contributed by atoms with E-state index in [-0.39, 0.29) is 17.2 Å². The van der Waals surface area contributed by atoms with Crippen LogP contribution in [0.1, 0.15) is 10.4 Å². The van der Waals surface area contributed by atoms with Gasteiger partial charge in [-0.2, -0.15) is 0 Å². The molecular formula is C18H14ClN3O3S. The predicted molar refractivity (Wildman–Crippen MR) is 101 cm³/mol. The molecule has 132 valence electrons. The summed E-state index contributed by atoms with van der Waals surface area (Å²) >= 11 is 7.01. The molecule has 1 heterocycles. The summed E-state index contributed by atoms with van der Waals surface area (Å²) < 4.78 is 5.63. The number of oxazole rings is 1. The average molecular weight is 388 g/mol. The number of nitrogens with one attached hydrogen (secondary N) is 1. The molecule has 1 aromatic heterocycles. The van der Waals surface area contributed by atoms with Gasteiger partial charge in [0.15, 0.2) is 5.76 Å². The Morgan fingerprint density at radius 1 is 1.15 bits per heavy atom. The Hall–Kier alpha value is -2.77. The third-order valence-electron chi connectivity index (χ3n) is 3.41. The number of nitrogens with two attached hydrogens (primary N) is 1. The first-order valence-electron chi connectivity index (χ1n) is 7.56. The number of aromatic nitrogens is 1. The summed E-state index contributed by atoms with van der Waals surface area (Å²) in [5.74, 6) is -0.235. The molecular weight excluding hydrogens is 374 g/mol. The van der Waals surface area contributed by atoms with Crippen LogP contribution in [-0.2, 0) is 4.79 Å². The van der Waals surface area contributed by atoms with Gasteiger partial charge < -0.3 is 15.5 Å². The molecule has 0 aliphatic heterocycles. The molecule has 2 aromatic carbocycles. The van der Waals surface area contributed by atoms with Gasteiger partial charge in [0.2, 0.25) is 5.91 Å². The number of carbonyl (C=O) groups is 2. The Balaban J connectivity index is 1.60. The first-order valence-corrected chi connectivity index (χ1v) is 8.92. The number of benzene rings is 2. The molecule has 0 fully saturated rings. The Bertz CT molecular complexity index is 941. The summed E-state index contributed by atoms with van der Waals surface area (Å²) in [5, 5.41) is 3.67. The largest absolute Gasteiger partial charge is 0.431 e. The summed E-state index contributed by atoms with van der Waals surface area (Å²) in [4.78, 5) is 27.6. The quantitative estimate of drug-likeness (QED) is 0.626. The molecule has 26 heavy (non-hydrogen) atoms. The molecule has 0 saturated carbocycles. The molecule has 0 atom stereocenters. The third-order valence-corrected chi connectivity index (χ3v) is 4.50. The Labute approximate surface area is 158 Å². The third kappa shape index (κ3) is 4.44. The molecule has 0 saturated heterocycles. The van der Waals surface area contributed by atoms with Crippen molar-refractivity contribution in [3.05, 3.63) is 65.3 Å². The molecule has 0 unspecified atom stereocenters. The highest BCUT2D eigenvalue weighted by Gasteiger charge is 2.13. The van der Waals surface area contributed by atoms with E-state index < -0.39 is 5.91 Å². The Kier molecular flexibility index (Phi) is 5.60. The van der Waals surface area contributed by atoms with Gasteiger partial charge in [-0.1, -0.05) is 35.5 Å². The summed E-state index contributed by atoms with van der Waals surface area (Å²) in [6.45, 7) is 0. The second-order valence-electron chi connectivity index (χ2n) is 5.24. The van der Waals surface area contributed by atoms with Crippen molar-refractivity contribution < 1.29 is 14.0 Å². The van der Waals surface area contributed by atoms with Crippen LogP contribution in [0, 0.1) is 0 Å². The molecule has 0 spiro atoms. The lowest BCUT2D eigenvalue weighted by Gasteiger charge is -2.07. The van der Waals surface area contributed by atoms with Crippen molar-refractivity contribution in [3.63, 3.8) is 0 Å². The number of halogens is 1. The van der Waals surface area contributed by atoms with Gasteiger partial charge in [0.1, 0.15) is 0 Å². The van der Waals surface area contributed by atoms with Crippen LogP contribution in [0.2, 0.25) is 5.02 Å². The van der Waals surface area contributed by atoms with Crippen molar-refractivity contribution in [1.29, 1.82) is 0 Å². The van der Waals surface area contributed by atoms with Crippen molar-refractivity contribution in [2.24, 2.45) is 5.73 Å². The summed E-state index contributed by atoms with van der Waals surface area (Å²) in [6, 6.07) is 13.7. The van der Waals surface area contributed by atoms with E-state index in [1.807, 2.05) is 12.1 Å². The molecule has 0 radical (unpaired) electrons. The normalized spacial score (nSPS) is 10.5. The second kappa shape index (κ2) is 8.07. The van der Waals surface area contributed by atoms with Gasteiger partial charge in [-0.3, -0.25) is 9.59 Å². The maximum Gasteiger partial charge on any atom is 0.256 e. The number of anilines is 1. The van der Waals surface area contributed by atoms with Crippen molar-refractivity contribution in [1.82, 2.24) is 4.98 Å². The molecule has 8 heteroatoms. The topological polar surface area (TPSA) is 98.2 Å². The van der Waals surface area contributed by atoms with Gasteiger partial charge in [0.25, 0.3) is 11.1 Å². The summed E-state index contributed by atoms with van der Waals surface area (Å²) in [6.07, 6.45) is 1.59. The number of thioether (sulfide) groups is 1. The molecule has 3 N–H and O–H groups in total.